The highest BCUT2D eigenvalue weighted by molar-refractivity contribution is 14.0. The molecule has 5 heteroatoms. The Bertz CT molecular complexity index is 327. The summed E-state index contributed by atoms with van der Waals surface area (Å²) in [6, 6.07) is 0. The second kappa shape index (κ2) is 10.7. The van der Waals surface area contributed by atoms with Crippen LogP contribution < -0.4 is 5.32 Å². The van der Waals surface area contributed by atoms with E-state index in [1.165, 1.54) is 58.4 Å². The van der Waals surface area contributed by atoms with Crippen molar-refractivity contribution >= 4 is 29.9 Å². The summed E-state index contributed by atoms with van der Waals surface area (Å²) in [4.78, 5) is 10.0. The van der Waals surface area contributed by atoms with E-state index in [1.54, 1.807) is 0 Å². The summed E-state index contributed by atoms with van der Waals surface area (Å²) >= 11 is 0. The summed E-state index contributed by atoms with van der Waals surface area (Å²) in [7, 11) is 0. The van der Waals surface area contributed by atoms with Crippen molar-refractivity contribution < 1.29 is 0 Å². The van der Waals surface area contributed by atoms with Crippen molar-refractivity contribution in [2.24, 2.45) is 16.8 Å². The van der Waals surface area contributed by atoms with Crippen LogP contribution >= 0.6 is 24.0 Å². The molecule has 1 atom stereocenters. The van der Waals surface area contributed by atoms with Gasteiger partial charge in [0.2, 0.25) is 0 Å². The number of rotatable bonds is 5. The Morgan fingerprint density at radius 3 is 2.55 bits per heavy atom. The van der Waals surface area contributed by atoms with Crippen molar-refractivity contribution in [1.29, 1.82) is 0 Å². The first-order valence-corrected chi connectivity index (χ1v) is 8.94. The predicted molar refractivity (Wildman–Crippen MR) is 106 cm³/mol. The fraction of sp³-hybridized carbons (Fsp3) is 0.941. The third-order valence-corrected chi connectivity index (χ3v) is 4.47. The fourth-order valence-electron chi connectivity index (χ4n) is 3.55. The maximum Gasteiger partial charge on any atom is 0.193 e. The van der Waals surface area contributed by atoms with Crippen LogP contribution in [0.3, 0.4) is 0 Å². The molecule has 0 aliphatic carbocycles. The quantitative estimate of drug-likeness (QED) is 0.420. The maximum absolute atomic E-state index is 4.94. The first-order chi connectivity index (χ1) is 10.2. The van der Waals surface area contributed by atoms with E-state index in [-0.39, 0.29) is 24.0 Å². The predicted octanol–water partition coefficient (Wildman–Crippen LogP) is 3.03. The lowest BCUT2D eigenvalue weighted by atomic mass is 9.97. The number of halogens is 1. The smallest absolute Gasteiger partial charge is 0.193 e. The number of hydrogen-bond donors (Lipinski definition) is 1. The van der Waals surface area contributed by atoms with E-state index in [0.29, 0.717) is 0 Å². The number of aliphatic imine (C=N–C) groups is 1. The summed E-state index contributed by atoms with van der Waals surface area (Å²) < 4.78 is 0. The highest BCUT2D eigenvalue weighted by Crippen LogP contribution is 2.18. The molecule has 0 radical (unpaired) electrons. The fourth-order valence-corrected chi connectivity index (χ4v) is 3.55. The average molecular weight is 422 g/mol. The first kappa shape index (κ1) is 20.0. The van der Waals surface area contributed by atoms with Gasteiger partial charge in [0.05, 0.1) is 0 Å². The van der Waals surface area contributed by atoms with E-state index in [9.17, 15) is 0 Å². The average Bonchev–Trinajstić information content (AvgIpc) is 2.97. The van der Waals surface area contributed by atoms with Crippen molar-refractivity contribution in [3.05, 3.63) is 0 Å². The van der Waals surface area contributed by atoms with Gasteiger partial charge in [-0.1, -0.05) is 13.8 Å². The molecule has 2 saturated heterocycles. The van der Waals surface area contributed by atoms with Crippen LogP contribution in [0.4, 0.5) is 0 Å². The van der Waals surface area contributed by atoms with Crippen LogP contribution in [0.2, 0.25) is 0 Å². The van der Waals surface area contributed by atoms with Gasteiger partial charge >= 0.3 is 0 Å². The van der Waals surface area contributed by atoms with Gasteiger partial charge in [0.1, 0.15) is 0 Å². The zero-order valence-corrected chi connectivity index (χ0v) is 17.0. The number of guanidine groups is 1. The van der Waals surface area contributed by atoms with Crippen LogP contribution in [0.15, 0.2) is 4.99 Å². The molecule has 1 unspecified atom stereocenters. The molecule has 0 spiro atoms. The van der Waals surface area contributed by atoms with Gasteiger partial charge in [0.15, 0.2) is 5.96 Å². The zero-order valence-electron chi connectivity index (χ0n) is 14.7. The van der Waals surface area contributed by atoms with E-state index >= 15 is 0 Å². The van der Waals surface area contributed by atoms with Gasteiger partial charge in [-0.05, 0) is 51.0 Å². The topological polar surface area (TPSA) is 30.9 Å². The van der Waals surface area contributed by atoms with Crippen molar-refractivity contribution in [2.45, 2.75) is 46.5 Å². The summed E-state index contributed by atoms with van der Waals surface area (Å²) in [6.07, 6.45) is 5.32. The Kier molecular flexibility index (Phi) is 9.71. The van der Waals surface area contributed by atoms with Crippen molar-refractivity contribution in [3.8, 4) is 0 Å². The molecule has 1 N–H and O–H groups in total. The SMILES string of the molecule is CCNC(=NCC1CCCN(CC(C)C)C1)N1CCCC1.I. The number of nitrogens with zero attached hydrogens (tertiary/aromatic N) is 3. The molecule has 0 aromatic rings. The number of piperidine rings is 1. The molecule has 0 aromatic carbocycles. The van der Waals surface area contributed by atoms with Crippen LogP contribution in [0.5, 0.6) is 0 Å². The van der Waals surface area contributed by atoms with E-state index in [4.69, 9.17) is 4.99 Å². The summed E-state index contributed by atoms with van der Waals surface area (Å²) in [5, 5.41) is 3.47. The van der Waals surface area contributed by atoms with E-state index in [2.05, 4.69) is 35.9 Å². The Morgan fingerprint density at radius 2 is 1.91 bits per heavy atom. The molecular weight excluding hydrogens is 387 g/mol. The minimum Gasteiger partial charge on any atom is -0.357 e. The Hall–Kier alpha value is -0.0400. The largest absolute Gasteiger partial charge is 0.357 e. The Morgan fingerprint density at radius 1 is 1.18 bits per heavy atom. The number of nitrogens with one attached hydrogen (secondary N) is 1. The first-order valence-electron chi connectivity index (χ1n) is 8.94. The van der Waals surface area contributed by atoms with Gasteiger partial charge in [-0.3, -0.25) is 4.99 Å². The lowest BCUT2D eigenvalue weighted by Gasteiger charge is -2.33. The molecule has 0 aromatic heterocycles. The summed E-state index contributed by atoms with van der Waals surface area (Å²) in [5.41, 5.74) is 0. The van der Waals surface area contributed by atoms with Gasteiger partial charge in [0, 0.05) is 39.3 Å². The number of hydrogen-bond acceptors (Lipinski definition) is 2. The number of likely N-dealkylation sites (tertiary alicyclic amines) is 2. The van der Waals surface area contributed by atoms with E-state index in [1.807, 2.05) is 0 Å². The van der Waals surface area contributed by atoms with E-state index < -0.39 is 0 Å². The van der Waals surface area contributed by atoms with Crippen molar-refractivity contribution in [3.63, 3.8) is 0 Å². The molecule has 0 amide bonds. The van der Waals surface area contributed by atoms with Crippen LogP contribution in [0.25, 0.3) is 0 Å². The molecule has 0 saturated carbocycles. The van der Waals surface area contributed by atoms with Gasteiger partial charge in [0.25, 0.3) is 0 Å². The van der Waals surface area contributed by atoms with E-state index in [0.717, 1.165) is 30.9 Å². The molecule has 130 valence electrons. The van der Waals surface area contributed by atoms with Crippen molar-refractivity contribution in [2.75, 3.05) is 45.8 Å². The molecule has 2 aliphatic rings. The lowest BCUT2D eigenvalue weighted by molar-refractivity contribution is 0.162. The Labute approximate surface area is 154 Å². The zero-order chi connectivity index (χ0) is 15.1. The Balaban J connectivity index is 0.00000242. The van der Waals surface area contributed by atoms with Crippen LogP contribution in [-0.4, -0.2) is 61.6 Å². The second-order valence-corrected chi connectivity index (χ2v) is 7.05. The second-order valence-electron chi connectivity index (χ2n) is 7.05. The van der Waals surface area contributed by atoms with Crippen LogP contribution in [0, 0.1) is 11.8 Å². The van der Waals surface area contributed by atoms with Gasteiger partial charge in [-0.2, -0.15) is 0 Å². The molecule has 2 aliphatic heterocycles. The molecule has 2 heterocycles. The highest BCUT2D eigenvalue weighted by atomic mass is 127. The minimum absolute atomic E-state index is 0. The summed E-state index contributed by atoms with van der Waals surface area (Å²) in [6.45, 7) is 14.9. The molecular formula is C17H35IN4. The monoisotopic (exact) mass is 422 g/mol. The van der Waals surface area contributed by atoms with Crippen molar-refractivity contribution in [1.82, 2.24) is 15.1 Å². The minimum atomic E-state index is 0. The normalized spacial score (nSPS) is 23.7. The standard InChI is InChI=1S/C17H34N4.HI/c1-4-18-17(21-10-5-6-11-21)19-12-16-8-7-9-20(14-16)13-15(2)3;/h15-16H,4-14H2,1-3H3,(H,18,19);1H. The van der Waals surface area contributed by atoms with Crippen LogP contribution in [0.1, 0.15) is 46.5 Å². The van der Waals surface area contributed by atoms with Crippen LogP contribution in [-0.2, 0) is 0 Å². The molecule has 22 heavy (non-hydrogen) atoms. The highest BCUT2D eigenvalue weighted by Gasteiger charge is 2.21. The molecule has 2 fully saturated rings. The van der Waals surface area contributed by atoms with Gasteiger partial charge < -0.3 is 15.1 Å². The molecule has 0 bridgehead atoms. The molecule has 4 nitrogen and oxygen atoms in total. The molecule has 2 rings (SSSR count). The lowest BCUT2D eigenvalue weighted by Crippen LogP contribution is -2.41. The van der Waals surface area contributed by atoms with Gasteiger partial charge in [-0.25, -0.2) is 0 Å². The maximum atomic E-state index is 4.94. The summed E-state index contributed by atoms with van der Waals surface area (Å²) in [5.74, 6) is 2.67. The van der Waals surface area contributed by atoms with Gasteiger partial charge in [-0.15, -0.1) is 24.0 Å². The third kappa shape index (κ3) is 6.60. The third-order valence-electron chi connectivity index (χ3n) is 4.47.